The van der Waals surface area contributed by atoms with Gasteiger partial charge in [-0.1, -0.05) is 6.07 Å². The molecule has 2 aromatic rings. The number of rotatable bonds is 8. The fourth-order valence-electron chi connectivity index (χ4n) is 2.29. The second-order valence-corrected chi connectivity index (χ2v) is 5.39. The molecular weight excluding hydrogens is 323 g/mol. The summed E-state index contributed by atoms with van der Waals surface area (Å²) in [6.45, 7) is 6.68. The molecule has 0 saturated heterocycles. The molecule has 0 atom stereocenters. The molecule has 0 heterocycles. The summed E-state index contributed by atoms with van der Waals surface area (Å²) in [4.78, 5) is 12.1. The van der Waals surface area contributed by atoms with Crippen LogP contribution in [0.4, 0.5) is 15.8 Å². The Morgan fingerprint density at radius 1 is 1.04 bits per heavy atom. The van der Waals surface area contributed by atoms with Crippen molar-refractivity contribution in [3.8, 4) is 11.5 Å². The lowest BCUT2D eigenvalue weighted by atomic mass is 10.2. The molecule has 0 aromatic heterocycles. The molecule has 0 aliphatic carbocycles. The van der Waals surface area contributed by atoms with Crippen LogP contribution in [0.3, 0.4) is 0 Å². The first kappa shape index (κ1) is 18.6. The number of halogens is 1. The highest BCUT2D eigenvalue weighted by Crippen LogP contribution is 2.30. The monoisotopic (exact) mass is 346 g/mol. The molecule has 2 aromatic carbocycles. The second-order valence-electron chi connectivity index (χ2n) is 5.39. The van der Waals surface area contributed by atoms with E-state index in [0.717, 1.165) is 5.56 Å². The van der Waals surface area contributed by atoms with Gasteiger partial charge >= 0.3 is 0 Å². The molecule has 0 unspecified atom stereocenters. The smallest absolute Gasteiger partial charge is 0.243 e. The first-order valence-corrected chi connectivity index (χ1v) is 8.23. The molecule has 1 amide bonds. The normalized spacial score (nSPS) is 10.2. The number of benzene rings is 2. The van der Waals surface area contributed by atoms with E-state index >= 15 is 0 Å². The highest BCUT2D eigenvalue weighted by Gasteiger charge is 2.09. The summed E-state index contributed by atoms with van der Waals surface area (Å²) < 4.78 is 24.3. The largest absolute Gasteiger partial charge is 0.490 e. The van der Waals surface area contributed by atoms with Crippen LogP contribution < -0.4 is 20.1 Å². The standard InChI is InChI=1S/C19H23FN2O3/c1-4-24-17-9-8-15(11-18(17)25-5-2)22-19(23)12-21-16-10-14(20)7-6-13(16)3/h6-11,21H,4-5,12H2,1-3H3,(H,22,23). The number of hydrogen-bond donors (Lipinski definition) is 2. The fraction of sp³-hybridized carbons (Fsp3) is 0.316. The van der Waals surface area contributed by atoms with E-state index in [4.69, 9.17) is 9.47 Å². The highest BCUT2D eigenvalue weighted by molar-refractivity contribution is 5.94. The fourth-order valence-corrected chi connectivity index (χ4v) is 2.29. The maximum absolute atomic E-state index is 13.3. The third-order valence-corrected chi connectivity index (χ3v) is 3.47. The van der Waals surface area contributed by atoms with Crippen molar-refractivity contribution in [3.05, 3.63) is 47.8 Å². The van der Waals surface area contributed by atoms with Crippen LogP contribution in [0, 0.1) is 12.7 Å². The number of hydrogen-bond acceptors (Lipinski definition) is 4. The Morgan fingerprint density at radius 2 is 1.76 bits per heavy atom. The van der Waals surface area contributed by atoms with E-state index in [0.29, 0.717) is 36.1 Å². The molecule has 0 spiro atoms. The van der Waals surface area contributed by atoms with Crippen LogP contribution in [0.15, 0.2) is 36.4 Å². The third kappa shape index (κ3) is 5.38. The molecule has 0 aliphatic heterocycles. The minimum Gasteiger partial charge on any atom is -0.490 e. The van der Waals surface area contributed by atoms with E-state index in [2.05, 4.69) is 10.6 Å². The van der Waals surface area contributed by atoms with Crippen molar-refractivity contribution in [2.45, 2.75) is 20.8 Å². The van der Waals surface area contributed by atoms with Crippen LogP contribution in [0.2, 0.25) is 0 Å². The van der Waals surface area contributed by atoms with Gasteiger partial charge in [-0.3, -0.25) is 4.79 Å². The summed E-state index contributed by atoms with van der Waals surface area (Å²) in [5, 5.41) is 5.72. The van der Waals surface area contributed by atoms with Crippen molar-refractivity contribution in [3.63, 3.8) is 0 Å². The van der Waals surface area contributed by atoms with Crippen molar-refractivity contribution in [2.24, 2.45) is 0 Å². The van der Waals surface area contributed by atoms with Gasteiger partial charge in [0.25, 0.3) is 0 Å². The maximum Gasteiger partial charge on any atom is 0.243 e. The number of aryl methyl sites for hydroxylation is 1. The molecule has 5 nitrogen and oxygen atoms in total. The molecule has 2 N–H and O–H groups in total. The molecule has 0 bridgehead atoms. The van der Waals surface area contributed by atoms with Crippen LogP contribution >= 0.6 is 0 Å². The van der Waals surface area contributed by atoms with Gasteiger partial charge in [-0.2, -0.15) is 0 Å². The summed E-state index contributed by atoms with van der Waals surface area (Å²) in [6.07, 6.45) is 0. The molecule has 2 rings (SSSR count). The summed E-state index contributed by atoms with van der Waals surface area (Å²) >= 11 is 0. The van der Waals surface area contributed by atoms with Gasteiger partial charge < -0.3 is 20.1 Å². The van der Waals surface area contributed by atoms with Crippen LogP contribution in [-0.2, 0) is 4.79 Å². The van der Waals surface area contributed by atoms with E-state index in [1.165, 1.54) is 12.1 Å². The first-order chi connectivity index (χ1) is 12.0. The number of carbonyl (C=O) groups excluding carboxylic acids is 1. The predicted octanol–water partition coefficient (Wildman–Crippen LogP) is 3.98. The van der Waals surface area contributed by atoms with Gasteiger partial charge in [0.15, 0.2) is 11.5 Å². The zero-order valence-corrected chi connectivity index (χ0v) is 14.7. The van der Waals surface area contributed by atoms with Crippen LogP contribution in [0.5, 0.6) is 11.5 Å². The van der Waals surface area contributed by atoms with Gasteiger partial charge in [-0.05, 0) is 50.6 Å². The van der Waals surface area contributed by atoms with Crippen LogP contribution in [-0.4, -0.2) is 25.7 Å². The van der Waals surface area contributed by atoms with Gasteiger partial charge in [0.05, 0.1) is 19.8 Å². The Balaban J connectivity index is 2.00. The van der Waals surface area contributed by atoms with Crippen molar-refractivity contribution >= 4 is 17.3 Å². The Morgan fingerprint density at radius 3 is 2.48 bits per heavy atom. The third-order valence-electron chi connectivity index (χ3n) is 3.47. The summed E-state index contributed by atoms with van der Waals surface area (Å²) in [5.41, 5.74) is 2.07. The lowest BCUT2D eigenvalue weighted by Gasteiger charge is -2.14. The van der Waals surface area contributed by atoms with Crippen LogP contribution in [0.25, 0.3) is 0 Å². The summed E-state index contributed by atoms with van der Waals surface area (Å²) in [5.74, 6) is 0.628. The van der Waals surface area contributed by atoms with Crippen molar-refractivity contribution in [1.82, 2.24) is 0 Å². The Hall–Kier alpha value is -2.76. The summed E-state index contributed by atoms with van der Waals surface area (Å²) in [6, 6.07) is 9.64. The lowest BCUT2D eigenvalue weighted by molar-refractivity contribution is -0.114. The maximum atomic E-state index is 13.3. The Kier molecular flexibility index (Phi) is 6.62. The Bertz CT molecular complexity index is 735. The number of carbonyl (C=O) groups is 1. The van der Waals surface area contributed by atoms with Crippen LogP contribution in [0.1, 0.15) is 19.4 Å². The lowest BCUT2D eigenvalue weighted by Crippen LogP contribution is -2.22. The van der Waals surface area contributed by atoms with Crippen molar-refractivity contribution in [1.29, 1.82) is 0 Å². The first-order valence-electron chi connectivity index (χ1n) is 8.23. The average Bonchev–Trinajstić information content (AvgIpc) is 2.58. The van der Waals surface area contributed by atoms with E-state index in [1.807, 2.05) is 20.8 Å². The number of ether oxygens (including phenoxy) is 2. The van der Waals surface area contributed by atoms with Gasteiger partial charge in [0.2, 0.25) is 5.91 Å². The quantitative estimate of drug-likeness (QED) is 0.759. The molecule has 6 heteroatoms. The Labute approximate surface area is 147 Å². The molecule has 134 valence electrons. The molecule has 25 heavy (non-hydrogen) atoms. The minimum atomic E-state index is -0.346. The van der Waals surface area contributed by atoms with Gasteiger partial charge in [-0.15, -0.1) is 0 Å². The SMILES string of the molecule is CCOc1ccc(NC(=O)CNc2cc(F)ccc2C)cc1OCC. The van der Waals surface area contributed by atoms with Crippen molar-refractivity contribution < 1.29 is 18.7 Å². The molecule has 0 radical (unpaired) electrons. The van der Waals surface area contributed by atoms with Crippen molar-refractivity contribution in [2.75, 3.05) is 30.4 Å². The highest BCUT2D eigenvalue weighted by atomic mass is 19.1. The molecule has 0 saturated carbocycles. The summed E-state index contributed by atoms with van der Waals surface area (Å²) in [7, 11) is 0. The van der Waals surface area contributed by atoms with Gasteiger partial charge in [0.1, 0.15) is 5.82 Å². The van der Waals surface area contributed by atoms with Gasteiger partial charge in [0, 0.05) is 17.4 Å². The predicted molar refractivity (Wildman–Crippen MR) is 97.0 cm³/mol. The topological polar surface area (TPSA) is 59.6 Å². The minimum absolute atomic E-state index is 0.0292. The van der Waals surface area contributed by atoms with E-state index in [1.54, 1.807) is 24.3 Å². The van der Waals surface area contributed by atoms with Gasteiger partial charge in [-0.25, -0.2) is 4.39 Å². The number of amides is 1. The molecule has 0 fully saturated rings. The van der Waals surface area contributed by atoms with E-state index < -0.39 is 0 Å². The van der Waals surface area contributed by atoms with E-state index in [9.17, 15) is 9.18 Å². The average molecular weight is 346 g/mol. The van der Waals surface area contributed by atoms with E-state index in [-0.39, 0.29) is 18.3 Å². The second kappa shape index (κ2) is 8.92. The zero-order chi connectivity index (χ0) is 18.2. The molecule has 0 aliphatic rings. The number of anilines is 2. The number of nitrogens with one attached hydrogen (secondary N) is 2. The zero-order valence-electron chi connectivity index (χ0n) is 14.7. The molecular formula is C19H23FN2O3.